The molecule has 3 heteroatoms. The molecule has 0 saturated carbocycles. The van der Waals surface area contributed by atoms with Gasteiger partial charge in [-0.05, 0) is 37.1 Å². The molecule has 0 unspecified atom stereocenters. The van der Waals surface area contributed by atoms with Gasteiger partial charge in [0.05, 0.1) is 0 Å². The molecule has 1 aromatic carbocycles. The SMILES string of the molecule is CN(C)c1cc(F)ccc1CCCN. The molecular formula is C11H17FN2. The summed E-state index contributed by atoms with van der Waals surface area (Å²) >= 11 is 0. The lowest BCUT2D eigenvalue weighted by molar-refractivity contribution is 0.626. The van der Waals surface area contributed by atoms with Crippen LogP contribution in [0.4, 0.5) is 10.1 Å². The van der Waals surface area contributed by atoms with Crippen molar-refractivity contribution >= 4 is 5.69 Å². The van der Waals surface area contributed by atoms with E-state index in [2.05, 4.69) is 0 Å². The molecule has 0 spiro atoms. The largest absolute Gasteiger partial charge is 0.377 e. The molecule has 0 aliphatic rings. The predicted octanol–water partition coefficient (Wildman–Crippen LogP) is 1.78. The van der Waals surface area contributed by atoms with E-state index in [1.807, 2.05) is 25.1 Å². The standard InChI is InChI=1S/C11H17FN2/c1-14(2)11-8-10(12)6-5-9(11)4-3-7-13/h5-6,8H,3-4,7,13H2,1-2H3. The van der Waals surface area contributed by atoms with Gasteiger partial charge in [0.2, 0.25) is 0 Å². The van der Waals surface area contributed by atoms with Gasteiger partial charge in [-0.15, -0.1) is 0 Å². The maximum atomic E-state index is 13.0. The zero-order chi connectivity index (χ0) is 10.6. The Labute approximate surface area is 84.5 Å². The fourth-order valence-electron chi connectivity index (χ4n) is 1.46. The first-order valence-corrected chi connectivity index (χ1v) is 4.81. The highest BCUT2D eigenvalue weighted by molar-refractivity contribution is 5.52. The molecule has 2 N–H and O–H groups in total. The summed E-state index contributed by atoms with van der Waals surface area (Å²) in [6.45, 7) is 0.671. The van der Waals surface area contributed by atoms with Crippen LogP contribution in [-0.2, 0) is 6.42 Å². The molecule has 0 atom stereocenters. The second kappa shape index (κ2) is 4.96. The molecule has 0 aromatic heterocycles. The molecular weight excluding hydrogens is 179 g/mol. The van der Waals surface area contributed by atoms with Crippen LogP contribution < -0.4 is 10.6 Å². The minimum atomic E-state index is -0.190. The normalized spacial score (nSPS) is 10.3. The summed E-state index contributed by atoms with van der Waals surface area (Å²) in [5.41, 5.74) is 7.54. The second-order valence-corrected chi connectivity index (χ2v) is 3.56. The summed E-state index contributed by atoms with van der Waals surface area (Å²) in [6.07, 6.45) is 1.84. The van der Waals surface area contributed by atoms with Gasteiger partial charge in [0, 0.05) is 19.8 Å². The summed E-state index contributed by atoms with van der Waals surface area (Å²) in [6, 6.07) is 4.89. The van der Waals surface area contributed by atoms with Crippen molar-refractivity contribution in [2.24, 2.45) is 5.73 Å². The Balaban J connectivity index is 2.90. The van der Waals surface area contributed by atoms with Crippen molar-refractivity contribution in [1.29, 1.82) is 0 Å². The number of aryl methyl sites for hydroxylation is 1. The highest BCUT2D eigenvalue weighted by Gasteiger charge is 2.05. The van der Waals surface area contributed by atoms with Crippen molar-refractivity contribution in [3.05, 3.63) is 29.6 Å². The number of rotatable bonds is 4. The second-order valence-electron chi connectivity index (χ2n) is 3.56. The molecule has 0 heterocycles. The smallest absolute Gasteiger partial charge is 0.125 e. The van der Waals surface area contributed by atoms with Gasteiger partial charge in [-0.25, -0.2) is 4.39 Å². The van der Waals surface area contributed by atoms with Gasteiger partial charge in [0.1, 0.15) is 5.82 Å². The summed E-state index contributed by atoms with van der Waals surface area (Å²) in [4.78, 5) is 1.93. The van der Waals surface area contributed by atoms with Crippen molar-refractivity contribution in [1.82, 2.24) is 0 Å². The average molecular weight is 196 g/mol. The van der Waals surface area contributed by atoms with Crippen LogP contribution in [-0.4, -0.2) is 20.6 Å². The molecule has 0 aliphatic carbocycles. The van der Waals surface area contributed by atoms with Gasteiger partial charge >= 0.3 is 0 Å². The van der Waals surface area contributed by atoms with Gasteiger partial charge in [-0.1, -0.05) is 6.07 Å². The van der Waals surface area contributed by atoms with Gasteiger partial charge in [-0.3, -0.25) is 0 Å². The number of anilines is 1. The molecule has 78 valence electrons. The van der Waals surface area contributed by atoms with E-state index < -0.39 is 0 Å². The predicted molar refractivity (Wildman–Crippen MR) is 58.1 cm³/mol. The van der Waals surface area contributed by atoms with Crippen LogP contribution in [0.5, 0.6) is 0 Å². The molecule has 2 nitrogen and oxygen atoms in total. The number of hydrogen-bond donors (Lipinski definition) is 1. The van der Waals surface area contributed by atoms with Crippen LogP contribution in [0.15, 0.2) is 18.2 Å². The third-order valence-corrected chi connectivity index (χ3v) is 2.18. The van der Waals surface area contributed by atoms with Gasteiger partial charge in [0.25, 0.3) is 0 Å². The van der Waals surface area contributed by atoms with E-state index in [1.165, 1.54) is 6.07 Å². The Hall–Kier alpha value is -1.09. The molecule has 0 bridgehead atoms. The highest BCUT2D eigenvalue weighted by Crippen LogP contribution is 2.21. The van der Waals surface area contributed by atoms with Crippen molar-refractivity contribution in [2.45, 2.75) is 12.8 Å². The quantitative estimate of drug-likeness (QED) is 0.795. The Morgan fingerprint density at radius 2 is 2.07 bits per heavy atom. The van der Waals surface area contributed by atoms with Gasteiger partial charge in [0.15, 0.2) is 0 Å². The van der Waals surface area contributed by atoms with Crippen LogP contribution in [0.25, 0.3) is 0 Å². The van der Waals surface area contributed by atoms with E-state index in [4.69, 9.17) is 5.73 Å². The van der Waals surface area contributed by atoms with Crippen LogP contribution in [0.3, 0.4) is 0 Å². The van der Waals surface area contributed by atoms with E-state index in [0.717, 1.165) is 24.1 Å². The minimum absolute atomic E-state index is 0.190. The first kappa shape index (κ1) is 11.0. The third-order valence-electron chi connectivity index (χ3n) is 2.18. The van der Waals surface area contributed by atoms with E-state index in [-0.39, 0.29) is 5.82 Å². The fourth-order valence-corrected chi connectivity index (χ4v) is 1.46. The van der Waals surface area contributed by atoms with Crippen LogP contribution in [0.2, 0.25) is 0 Å². The van der Waals surface area contributed by atoms with Crippen molar-refractivity contribution in [3.8, 4) is 0 Å². The monoisotopic (exact) mass is 196 g/mol. The van der Waals surface area contributed by atoms with Crippen LogP contribution in [0.1, 0.15) is 12.0 Å². The van der Waals surface area contributed by atoms with Crippen molar-refractivity contribution in [3.63, 3.8) is 0 Å². The minimum Gasteiger partial charge on any atom is -0.377 e. The molecule has 0 radical (unpaired) electrons. The molecule has 14 heavy (non-hydrogen) atoms. The van der Waals surface area contributed by atoms with E-state index in [0.29, 0.717) is 6.54 Å². The molecule has 0 fully saturated rings. The van der Waals surface area contributed by atoms with E-state index in [9.17, 15) is 4.39 Å². The molecule has 0 amide bonds. The number of nitrogens with zero attached hydrogens (tertiary/aromatic N) is 1. The van der Waals surface area contributed by atoms with Crippen molar-refractivity contribution < 1.29 is 4.39 Å². The number of halogens is 1. The zero-order valence-corrected chi connectivity index (χ0v) is 8.76. The zero-order valence-electron chi connectivity index (χ0n) is 8.76. The highest BCUT2D eigenvalue weighted by atomic mass is 19.1. The summed E-state index contributed by atoms with van der Waals surface area (Å²) in [5, 5.41) is 0. The van der Waals surface area contributed by atoms with E-state index in [1.54, 1.807) is 6.07 Å². The Morgan fingerprint density at radius 1 is 1.36 bits per heavy atom. The van der Waals surface area contributed by atoms with Gasteiger partial charge in [-0.2, -0.15) is 0 Å². The lowest BCUT2D eigenvalue weighted by Crippen LogP contribution is -2.12. The summed E-state index contributed by atoms with van der Waals surface area (Å²) in [7, 11) is 3.83. The topological polar surface area (TPSA) is 29.3 Å². The summed E-state index contributed by atoms with van der Waals surface area (Å²) < 4.78 is 13.0. The first-order valence-electron chi connectivity index (χ1n) is 4.81. The Kier molecular flexibility index (Phi) is 3.89. The fraction of sp³-hybridized carbons (Fsp3) is 0.455. The van der Waals surface area contributed by atoms with Crippen LogP contribution >= 0.6 is 0 Å². The Bertz CT molecular complexity index is 297. The first-order chi connectivity index (χ1) is 6.65. The number of nitrogens with two attached hydrogens (primary N) is 1. The Morgan fingerprint density at radius 3 is 2.64 bits per heavy atom. The average Bonchev–Trinajstić information content (AvgIpc) is 2.15. The lowest BCUT2D eigenvalue weighted by atomic mass is 10.1. The van der Waals surface area contributed by atoms with E-state index >= 15 is 0 Å². The maximum Gasteiger partial charge on any atom is 0.125 e. The molecule has 1 rings (SSSR count). The van der Waals surface area contributed by atoms with Gasteiger partial charge < -0.3 is 10.6 Å². The summed E-state index contributed by atoms with van der Waals surface area (Å²) in [5.74, 6) is -0.190. The van der Waals surface area contributed by atoms with Crippen molar-refractivity contribution in [2.75, 3.05) is 25.5 Å². The van der Waals surface area contributed by atoms with Crippen LogP contribution in [0, 0.1) is 5.82 Å². The number of hydrogen-bond acceptors (Lipinski definition) is 2. The lowest BCUT2D eigenvalue weighted by Gasteiger charge is -2.17. The third kappa shape index (κ3) is 2.70. The maximum absolute atomic E-state index is 13.0. The molecule has 0 aliphatic heterocycles. The molecule has 0 saturated heterocycles. The molecule has 1 aromatic rings. The number of benzene rings is 1.